The Morgan fingerprint density at radius 3 is 1.97 bits per heavy atom. The van der Waals surface area contributed by atoms with Crippen molar-refractivity contribution < 1.29 is 20.1 Å². The number of rotatable bonds is 4. The Morgan fingerprint density at radius 2 is 1.30 bits per heavy atom. The van der Waals surface area contributed by atoms with Crippen LogP contribution in [0.5, 0.6) is 0 Å². The minimum absolute atomic E-state index is 0. The molecule has 0 saturated heterocycles. The van der Waals surface area contributed by atoms with Gasteiger partial charge in [-0.05, 0) is 12.1 Å². The summed E-state index contributed by atoms with van der Waals surface area (Å²) in [6, 6.07) is 39.7. The van der Waals surface area contributed by atoms with Crippen molar-refractivity contribution in [2.75, 3.05) is 0 Å². The fourth-order valence-electron chi connectivity index (χ4n) is 3.58. The average molecular weight is 659 g/mol. The van der Waals surface area contributed by atoms with Gasteiger partial charge >= 0.3 is 0 Å². The standard InChI is InChI=1S/C16H13N2.C14H9N4.Ir/c1-13-6-5-7-14(12-13)16-17-10-11-18(16)15-8-3-2-4-9-15;1-3-7-11(8-4-1)13-15-17-14(18-16-13)12-9-5-2-6-10-12;/h2-6,8-12H,1H3;1-9H;/q2*-1;. The van der Waals surface area contributed by atoms with Gasteiger partial charge in [0.15, 0.2) is 0 Å². The van der Waals surface area contributed by atoms with Gasteiger partial charge in [0.25, 0.3) is 0 Å². The molecule has 0 N–H and O–H groups in total. The predicted octanol–water partition coefficient (Wildman–Crippen LogP) is 6.05. The van der Waals surface area contributed by atoms with Crippen LogP contribution < -0.4 is 0 Å². The number of para-hydroxylation sites is 1. The van der Waals surface area contributed by atoms with Crippen molar-refractivity contribution in [3.8, 4) is 39.9 Å². The molecule has 183 valence electrons. The van der Waals surface area contributed by atoms with Gasteiger partial charge in [0.1, 0.15) is 5.82 Å². The van der Waals surface area contributed by atoms with E-state index >= 15 is 0 Å². The molecule has 0 spiro atoms. The normalized spacial score (nSPS) is 10.1. The summed E-state index contributed by atoms with van der Waals surface area (Å²) in [6.45, 7) is 2.08. The van der Waals surface area contributed by atoms with Crippen LogP contribution in [0, 0.1) is 19.1 Å². The molecule has 7 heteroatoms. The predicted molar refractivity (Wildman–Crippen MR) is 140 cm³/mol. The summed E-state index contributed by atoms with van der Waals surface area (Å²) in [4.78, 5) is 4.44. The average Bonchev–Trinajstić information content (AvgIpc) is 3.45. The molecule has 4 aromatic carbocycles. The molecular formula is C30H22IrN6-2. The summed E-state index contributed by atoms with van der Waals surface area (Å²) in [7, 11) is 0. The van der Waals surface area contributed by atoms with Gasteiger partial charge < -0.3 is 4.57 Å². The third kappa shape index (κ3) is 6.47. The molecule has 0 aliphatic rings. The van der Waals surface area contributed by atoms with Crippen LogP contribution >= 0.6 is 0 Å². The Morgan fingerprint density at radius 1 is 0.649 bits per heavy atom. The Hall–Kier alpha value is -4.32. The molecule has 0 amide bonds. The van der Waals surface area contributed by atoms with Crippen molar-refractivity contribution in [1.82, 2.24) is 29.9 Å². The third-order valence-corrected chi connectivity index (χ3v) is 5.33. The van der Waals surface area contributed by atoms with Crippen molar-refractivity contribution in [2.24, 2.45) is 0 Å². The van der Waals surface area contributed by atoms with Crippen LogP contribution in [0.1, 0.15) is 5.56 Å². The van der Waals surface area contributed by atoms with E-state index in [1.807, 2.05) is 97.3 Å². The fraction of sp³-hybridized carbons (Fsp3) is 0.0333. The van der Waals surface area contributed by atoms with Gasteiger partial charge in [0.05, 0.1) is 5.82 Å². The summed E-state index contributed by atoms with van der Waals surface area (Å²) < 4.78 is 2.07. The second-order valence-electron chi connectivity index (χ2n) is 7.93. The van der Waals surface area contributed by atoms with Gasteiger partial charge in [0.2, 0.25) is 5.82 Å². The van der Waals surface area contributed by atoms with E-state index in [4.69, 9.17) is 0 Å². The summed E-state index contributed by atoms with van der Waals surface area (Å²) in [6.07, 6.45) is 3.79. The third-order valence-electron chi connectivity index (χ3n) is 5.33. The molecule has 37 heavy (non-hydrogen) atoms. The second-order valence-corrected chi connectivity index (χ2v) is 7.93. The largest absolute Gasteiger partial charge is 0.340 e. The Bertz CT molecular complexity index is 1460. The molecule has 0 saturated carbocycles. The van der Waals surface area contributed by atoms with Crippen LogP contribution in [0.2, 0.25) is 0 Å². The number of nitrogens with zero attached hydrogens (tertiary/aromatic N) is 6. The number of benzene rings is 4. The van der Waals surface area contributed by atoms with E-state index in [0.29, 0.717) is 11.6 Å². The topological polar surface area (TPSA) is 69.4 Å². The fourth-order valence-corrected chi connectivity index (χ4v) is 3.58. The SMILES string of the molecule is Cc1cc[c-]c(-c2nccn2-c2ccccc2)c1.[Ir].[c-]1ccccc1-c1nnc(-c2ccccc2)nn1. The van der Waals surface area contributed by atoms with E-state index < -0.39 is 0 Å². The number of aryl methyl sites for hydroxylation is 1. The maximum atomic E-state index is 4.44. The summed E-state index contributed by atoms with van der Waals surface area (Å²) in [5.41, 5.74) is 5.04. The van der Waals surface area contributed by atoms with Crippen LogP contribution in [0.4, 0.5) is 0 Å². The zero-order valence-electron chi connectivity index (χ0n) is 20.0. The first-order valence-electron chi connectivity index (χ1n) is 11.5. The maximum Gasteiger partial charge on any atom is 0.201 e. The Balaban J connectivity index is 0.000000168. The van der Waals surface area contributed by atoms with Gasteiger partial charge in [-0.1, -0.05) is 55.5 Å². The van der Waals surface area contributed by atoms with E-state index in [1.54, 1.807) is 0 Å². The molecule has 2 heterocycles. The second kappa shape index (κ2) is 12.6. The molecule has 6 rings (SSSR count). The number of aromatic nitrogens is 6. The van der Waals surface area contributed by atoms with E-state index in [2.05, 4.69) is 67.2 Å². The van der Waals surface area contributed by atoms with E-state index in [9.17, 15) is 0 Å². The van der Waals surface area contributed by atoms with Gasteiger partial charge in [-0.2, -0.15) is 10.2 Å². The molecule has 0 aliphatic heterocycles. The minimum Gasteiger partial charge on any atom is -0.340 e. The van der Waals surface area contributed by atoms with Crippen LogP contribution in [0.15, 0.2) is 116 Å². The monoisotopic (exact) mass is 659 g/mol. The summed E-state index contributed by atoms with van der Waals surface area (Å²) in [5.74, 6) is 1.93. The van der Waals surface area contributed by atoms with Crippen LogP contribution in [0.25, 0.3) is 39.9 Å². The number of imidazole rings is 1. The number of hydrogen-bond acceptors (Lipinski definition) is 5. The molecule has 0 atom stereocenters. The number of hydrogen-bond donors (Lipinski definition) is 0. The molecule has 0 fully saturated rings. The van der Waals surface area contributed by atoms with Crippen molar-refractivity contribution in [3.63, 3.8) is 0 Å². The van der Waals surface area contributed by atoms with Crippen LogP contribution in [-0.4, -0.2) is 29.9 Å². The first-order valence-corrected chi connectivity index (χ1v) is 11.5. The van der Waals surface area contributed by atoms with E-state index in [0.717, 1.165) is 28.2 Å². The molecule has 6 nitrogen and oxygen atoms in total. The molecule has 1 radical (unpaired) electrons. The van der Waals surface area contributed by atoms with Gasteiger partial charge in [-0.3, -0.25) is 4.98 Å². The quantitative estimate of drug-likeness (QED) is 0.216. The van der Waals surface area contributed by atoms with Crippen molar-refractivity contribution in [3.05, 3.63) is 133 Å². The van der Waals surface area contributed by atoms with E-state index in [1.165, 1.54) is 5.56 Å². The molecule has 0 bridgehead atoms. The Labute approximate surface area is 229 Å². The molecule has 6 aromatic rings. The van der Waals surface area contributed by atoms with Gasteiger partial charge in [-0.25, -0.2) is 0 Å². The van der Waals surface area contributed by atoms with Crippen LogP contribution in [-0.2, 0) is 20.1 Å². The first-order chi connectivity index (χ1) is 17.8. The van der Waals surface area contributed by atoms with Gasteiger partial charge in [-0.15, -0.1) is 81.5 Å². The van der Waals surface area contributed by atoms with Crippen LogP contribution in [0.3, 0.4) is 0 Å². The van der Waals surface area contributed by atoms with E-state index in [-0.39, 0.29) is 20.1 Å². The maximum absolute atomic E-state index is 4.44. The van der Waals surface area contributed by atoms with Crippen molar-refractivity contribution in [2.45, 2.75) is 6.92 Å². The van der Waals surface area contributed by atoms with Crippen molar-refractivity contribution >= 4 is 0 Å². The summed E-state index contributed by atoms with van der Waals surface area (Å²) >= 11 is 0. The smallest absolute Gasteiger partial charge is 0.201 e. The Kier molecular flexibility index (Phi) is 8.76. The van der Waals surface area contributed by atoms with Crippen molar-refractivity contribution in [1.29, 1.82) is 0 Å². The zero-order chi connectivity index (χ0) is 24.6. The molecule has 0 aliphatic carbocycles. The molecular weight excluding hydrogens is 637 g/mol. The first kappa shape index (κ1) is 25.8. The van der Waals surface area contributed by atoms with Gasteiger partial charge in [0, 0.05) is 43.7 Å². The summed E-state index contributed by atoms with van der Waals surface area (Å²) in [5, 5.41) is 16.3. The molecule has 0 unspecified atom stereocenters. The zero-order valence-corrected chi connectivity index (χ0v) is 22.4. The molecule has 2 aromatic heterocycles. The minimum atomic E-state index is 0.